The van der Waals surface area contributed by atoms with E-state index in [-0.39, 0.29) is 12.3 Å². The molecule has 3 aromatic carbocycles. The van der Waals surface area contributed by atoms with Crippen LogP contribution in [0.15, 0.2) is 90.1 Å². The zero-order valence-corrected chi connectivity index (χ0v) is 30.0. The van der Waals surface area contributed by atoms with Gasteiger partial charge in [0.1, 0.15) is 16.9 Å². The lowest BCUT2D eigenvalue weighted by Crippen LogP contribution is -2.29. The lowest BCUT2D eigenvalue weighted by Gasteiger charge is -2.13. The number of aryl methyl sites for hydroxylation is 2. The fourth-order valence-electron chi connectivity index (χ4n) is 6.47. The summed E-state index contributed by atoms with van der Waals surface area (Å²) in [6.07, 6.45) is 2.30. The van der Waals surface area contributed by atoms with Gasteiger partial charge in [-0.05, 0) is 61.7 Å². The van der Waals surface area contributed by atoms with Gasteiger partial charge in [-0.2, -0.15) is 0 Å². The summed E-state index contributed by atoms with van der Waals surface area (Å²) in [5.41, 5.74) is 7.74. The van der Waals surface area contributed by atoms with Gasteiger partial charge in [0.05, 0.1) is 25.3 Å². The number of hydrogen-bond acceptors (Lipinski definition) is 7. The quantitative estimate of drug-likeness (QED) is 0.125. The summed E-state index contributed by atoms with van der Waals surface area (Å²) >= 11 is 7.92. The average Bonchev–Trinajstić information content (AvgIpc) is 3.77. The molecule has 0 saturated carbocycles. The zero-order chi connectivity index (χ0) is 34.6. The Bertz CT molecular complexity index is 2150. The first-order chi connectivity index (χ1) is 24.4. The first-order valence-corrected chi connectivity index (χ1v) is 18.1. The number of hydrogen-bond donors (Lipinski definition) is 2. The first kappa shape index (κ1) is 33.9. The van der Waals surface area contributed by atoms with Crippen molar-refractivity contribution in [3.05, 3.63) is 134 Å². The van der Waals surface area contributed by atoms with E-state index in [1.165, 1.54) is 26.9 Å². The fourth-order valence-corrected chi connectivity index (χ4v) is 7.81. The van der Waals surface area contributed by atoms with Gasteiger partial charge in [0.2, 0.25) is 5.91 Å². The lowest BCUT2D eigenvalue weighted by molar-refractivity contribution is -0.121. The van der Waals surface area contributed by atoms with Crippen LogP contribution in [0.2, 0.25) is 5.02 Å². The third-order valence-corrected chi connectivity index (χ3v) is 10.6. The molecule has 1 aliphatic heterocycles. The van der Waals surface area contributed by atoms with Gasteiger partial charge in [-0.15, -0.1) is 21.5 Å². The smallest absolute Gasteiger partial charge is 0.222 e. The molecule has 1 amide bonds. The Labute approximate surface area is 301 Å². The minimum Gasteiger partial charge on any atom is -0.378 e. The number of fused-ring (bicyclic) bond motifs is 4. The molecule has 0 unspecified atom stereocenters. The molecule has 0 bridgehead atoms. The van der Waals surface area contributed by atoms with E-state index in [1.54, 1.807) is 11.3 Å². The van der Waals surface area contributed by atoms with Crippen LogP contribution in [0.3, 0.4) is 0 Å². The normalized spacial score (nSPS) is 13.9. The molecule has 0 spiro atoms. The first-order valence-electron chi connectivity index (χ1n) is 16.9. The van der Waals surface area contributed by atoms with Gasteiger partial charge in [0.25, 0.3) is 0 Å². The van der Waals surface area contributed by atoms with Gasteiger partial charge in [-0.1, -0.05) is 66.2 Å². The molecule has 0 radical (unpaired) electrons. The number of halogens is 1. The molecule has 7 rings (SSSR count). The van der Waals surface area contributed by atoms with Crippen LogP contribution in [0.5, 0.6) is 0 Å². The number of aromatic nitrogens is 4. The van der Waals surface area contributed by atoms with Crippen molar-refractivity contribution in [3.8, 4) is 5.00 Å². The summed E-state index contributed by atoms with van der Waals surface area (Å²) in [6, 6.07) is 26.3. The monoisotopic (exact) mass is 705 g/mol. The van der Waals surface area contributed by atoms with Gasteiger partial charge in [-0.3, -0.25) is 14.4 Å². The number of nitrogens with one attached hydrogen (secondary N) is 2. The van der Waals surface area contributed by atoms with Crippen LogP contribution in [-0.4, -0.2) is 57.3 Å². The Hall–Kier alpha value is -4.61. The summed E-state index contributed by atoms with van der Waals surface area (Å²) in [5.74, 6) is 1.31. The van der Waals surface area contributed by atoms with Crippen molar-refractivity contribution in [2.75, 3.05) is 26.3 Å². The summed E-state index contributed by atoms with van der Waals surface area (Å²) in [7, 11) is 0. The van der Waals surface area contributed by atoms with Crippen LogP contribution in [0.1, 0.15) is 56.8 Å². The van der Waals surface area contributed by atoms with Crippen molar-refractivity contribution in [2.45, 2.75) is 46.3 Å². The molecule has 4 heterocycles. The summed E-state index contributed by atoms with van der Waals surface area (Å²) in [4.78, 5) is 19.6. The SMILES string of the molecule is Cc1sc2c(c1C)C(c1ccc(Cl)cc1)=N[C@@H](CC(=O)NCCOCCNCc1cccc3c1ccn3Cc1ccccc1)c1nnc(C)n1-2. The Balaban J connectivity index is 0.918. The fraction of sp³-hybridized carbons (Fsp3) is 0.282. The topological polar surface area (TPSA) is 98.4 Å². The largest absolute Gasteiger partial charge is 0.378 e. The second kappa shape index (κ2) is 15.1. The molecular weight excluding hydrogens is 666 g/mol. The number of ether oxygens (including phenoxy) is 1. The Morgan fingerprint density at radius 1 is 0.940 bits per heavy atom. The number of benzene rings is 3. The number of carbonyl (C=O) groups excluding carboxylic acids is 1. The van der Waals surface area contributed by atoms with E-state index < -0.39 is 6.04 Å². The Morgan fingerprint density at radius 2 is 1.74 bits per heavy atom. The maximum Gasteiger partial charge on any atom is 0.222 e. The molecule has 6 aromatic rings. The van der Waals surface area contributed by atoms with Crippen molar-refractivity contribution < 1.29 is 9.53 Å². The molecule has 2 N–H and O–H groups in total. The van der Waals surface area contributed by atoms with Crippen LogP contribution in [0, 0.1) is 20.8 Å². The predicted molar refractivity (Wildman–Crippen MR) is 201 cm³/mol. The number of carbonyl (C=O) groups is 1. The zero-order valence-electron chi connectivity index (χ0n) is 28.4. The van der Waals surface area contributed by atoms with Crippen LogP contribution in [0.25, 0.3) is 15.9 Å². The van der Waals surface area contributed by atoms with Gasteiger partial charge < -0.3 is 19.9 Å². The van der Waals surface area contributed by atoms with Crippen molar-refractivity contribution in [2.24, 2.45) is 4.99 Å². The van der Waals surface area contributed by atoms with Crippen LogP contribution >= 0.6 is 22.9 Å². The van der Waals surface area contributed by atoms with Crippen molar-refractivity contribution in [1.82, 2.24) is 30.0 Å². The molecule has 1 aliphatic rings. The molecule has 256 valence electrons. The lowest BCUT2D eigenvalue weighted by atomic mass is 9.99. The second-order valence-electron chi connectivity index (χ2n) is 12.5. The second-order valence-corrected chi connectivity index (χ2v) is 14.2. The van der Waals surface area contributed by atoms with Gasteiger partial charge >= 0.3 is 0 Å². The number of nitrogens with zero attached hydrogens (tertiary/aromatic N) is 5. The van der Waals surface area contributed by atoms with Gasteiger partial charge in [0.15, 0.2) is 5.82 Å². The van der Waals surface area contributed by atoms with E-state index >= 15 is 0 Å². The summed E-state index contributed by atoms with van der Waals surface area (Å²) in [5, 5.41) is 18.3. The molecule has 50 heavy (non-hydrogen) atoms. The van der Waals surface area contributed by atoms with E-state index in [0.717, 1.165) is 46.3 Å². The van der Waals surface area contributed by atoms with Crippen LogP contribution in [-0.2, 0) is 22.6 Å². The molecule has 9 nitrogen and oxygen atoms in total. The third kappa shape index (κ3) is 7.15. The summed E-state index contributed by atoms with van der Waals surface area (Å²) < 4.78 is 10.2. The average molecular weight is 706 g/mol. The molecule has 3 aromatic heterocycles. The number of rotatable bonds is 13. The van der Waals surface area contributed by atoms with Gasteiger partial charge in [0, 0.05) is 64.3 Å². The standard InChI is InChI=1S/C39H40ClN7O2S/c1-25-26(2)50-39-36(25)37(29-12-14-31(40)15-13-29)43-33(38-45-44-27(3)47(38)39)22-35(48)42-18-21-49-20-17-41-23-30-10-7-11-34-32(30)16-19-46(34)24-28-8-5-4-6-9-28/h4-16,19,33,41H,17-18,20-24H2,1-3H3,(H,42,48)/t33-/m0/s1. The van der Waals surface area contributed by atoms with E-state index in [1.807, 2.05) is 37.3 Å². The highest BCUT2D eigenvalue weighted by Crippen LogP contribution is 2.39. The molecule has 11 heteroatoms. The number of amides is 1. The minimum absolute atomic E-state index is 0.117. The van der Waals surface area contributed by atoms with Crippen molar-refractivity contribution in [3.63, 3.8) is 0 Å². The van der Waals surface area contributed by atoms with E-state index in [4.69, 9.17) is 21.3 Å². The van der Waals surface area contributed by atoms with Crippen LogP contribution < -0.4 is 10.6 Å². The predicted octanol–water partition coefficient (Wildman–Crippen LogP) is 7.12. The Kier molecular flexibility index (Phi) is 10.2. The van der Waals surface area contributed by atoms with Crippen molar-refractivity contribution >= 4 is 45.5 Å². The van der Waals surface area contributed by atoms with Crippen molar-refractivity contribution in [1.29, 1.82) is 0 Å². The Morgan fingerprint density at radius 3 is 2.56 bits per heavy atom. The highest BCUT2D eigenvalue weighted by Gasteiger charge is 2.32. The highest BCUT2D eigenvalue weighted by molar-refractivity contribution is 7.15. The molecule has 0 aliphatic carbocycles. The summed E-state index contributed by atoms with van der Waals surface area (Å²) in [6.45, 7) is 9.84. The molecule has 1 atom stereocenters. The molecule has 0 saturated heterocycles. The maximum absolute atomic E-state index is 13.2. The van der Waals surface area contributed by atoms with Gasteiger partial charge in [-0.25, -0.2) is 0 Å². The third-order valence-electron chi connectivity index (χ3n) is 9.14. The maximum atomic E-state index is 13.2. The van der Waals surface area contributed by atoms with Crippen LogP contribution in [0.4, 0.5) is 0 Å². The minimum atomic E-state index is -0.508. The van der Waals surface area contributed by atoms with E-state index in [2.05, 4.69) is 98.5 Å². The highest BCUT2D eigenvalue weighted by atomic mass is 35.5. The number of thiophene rings is 1. The number of aliphatic imine (C=N–C) groups is 1. The molecular formula is C39H40ClN7O2S. The molecule has 0 fully saturated rings. The van der Waals surface area contributed by atoms with E-state index in [0.29, 0.717) is 37.2 Å². The van der Waals surface area contributed by atoms with E-state index in [9.17, 15) is 4.79 Å².